The first-order valence-electron chi connectivity index (χ1n) is 8.13. The quantitative estimate of drug-likeness (QED) is 0.647. The van der Waals surface area contributed by atoms with E-state index in [1.807, 2.05) is 18.3 Å². The van der Waals surface area contributed by atoms with Crippen LogP contribution in [-0.2, 0) is 0 Å². The van der Waals surface area contributed by atoms with Crippen molar-refractivity contribution in [2.24, 2.45) is 0 Å². The SMILES string of the molecule is O=C(c1cccc(F)c1)N1CC=C(c2c[nH]c3ccc(Br)cc23)CC1. The number of nitrogens with one attached hydrogen (secondary N) is 1. The van der Waals surface area contributed by atoms with Crippen LogP contribution in [0.15, 0.2) is 59.2 Å². The first-order chi connectivity index (χ1) is 12.1. The van der Waals surface area contributed by atoms with Crippen LogP contribution in [0.2, 0.25) is 0 Å². The van der Waals surface area contributed by atoms with Crippen LogP contribution in [0.1, 0.15) is 22.3 Å². The summed E-state index contributed by atoms with van der Waals surface area (Å²) in [5.41, 5.74) is 3.90. The highest BCUT2D eigenvalue weighted by atomic mass is 79.9. The van der Waals surface area contributed by atoms with Gasteiger partial charge in [0.15, 0.2) is 0 Å². The van der Waals surface area contributed by atoms with E-state index < -0.39 is 0 Å². The second kappa shape index (κ2) is 6.48. The average molecular weight is 399 g/mol. The van der Waals surface area contributed by atoms with Gasteiger partial charge >= 0.3 is 0 Å². The predicted octanol–water partition coefficient (Wildman–Crippen LogP) is 5.00. The summed E-state index contributed by atoms with van der Waals surface area (Å²) in [4.78, 5) is 17.6. The minimum atomic E-state index is -0.386. The van der Waals surface area contributed by atoms with E-state index in [-0.39, 0.29) is 11.7 Å². The lowest BCUT2D eigenvalue weighted by Crippen LogP contribution is -2.34. The largest absolute Gasteiger partial charge is 0.361 e. The average Bonchev–Trinajstić information content (AvgIpc) is 3.04. The fourth-order valence-electron chi connectivity index (χ4n) is 3.26. The van der Waals surface area contributed by atoms with Crippen LogP contribution in [0.3, 0.4) is 0 Å². The Morgan fingerprint density at radius 2 is 2.08 bits per heavy atom. The standard InChI is InChI=1S/C20H16BrFN2O/c21-15-4-5-19-17(11-15)18(12-23-19)13-6-8-24(9-7-13)20(25)14-2-1-3-16(22)10-14/h1-6,10-12,23H,7-9H2. The molecular weight excluding hydrogens is 383 g/mol. The highest BCUT2D eigenvalue weighted by Crippen LogP contribution is 2.31. The van der Waals surface area contributed by atoms with Gasteiger partial charge in [-0.1, -0.05) is 28.1 Å². The number of H-pyrrole nitrogens is 1. The molecule has 3 aromatic rings. The zero-order valence-electron chi connectivity index (χ0n) is 13.4. The van der Waals surface area contributed by atoms with E-state index in [1.54, 1.807) is 17.0 Å². The van der Waals surface area contributed by atoms with Crippen molar-refractivity contribution in [3.8, 4) is 0 Å². The summed E-state index contributed by atoms with van der Waals surface area (Å²) in [7, 11) is 0. The molecule has 1 amide bonds. The molecule has 1 aromatic heterocycles. The maximum atomic E-state index is 13.3. The van der Waals surface area contributed by atoms with Crippen LogP contribution in [-0.4, -0.2) is 28.9 Å². The maximum Gasteiger partial charge on any atom is 0.254 e. The number of nitrogens with zero attached hydrogens (tertiary/aromatic N) is 1. The lowest BCUT2D eigenvalue weighted by atomic mass is 9.98. The summed E-state index contributed by atoms with van der Waals surface area (Å²) in [5.74, 6) is -0.514. The summed E-state index contributed by atoms with van der Waals surface area (Å²) in [6.45, 7) is 1.16. The Morgan fingerprint density at radius 1 is 1.20 bits per heavy atom. The number of amides is 1. The van der Waals surface area contributed by atoms with Crippen molar-refractivity contribution in [3.63, 3.8) is 0 Å². The van der Waals surface area contributed by atoms with Crippen molar-refractivity contribution in [1.82, 2.24) is 9.88 Å². The Hall–Kier alpha value is -2.40. The van der Waals surface area contributed by atoms with Crippen LogP contribution >= 0.6 is 15.9 Å². The number of carbonyl (C=O) groups excluding carboxylic acids is 1. The molecule has 1 aliphatic rings. The van der Waals surface area contributed by atoms with Crippen molar-refractivity contribution >= 4 is 38.3 Å². The number of benzene rings is 2. The van der Waals surface area contributed by atoms with E-state index >= 15 is 0 Å². The van der Waals surface area contributed by atoms with Gasteiger partial charge in [0.25, 0.3) is 5.91 Å². The number of rotatable bonds is 2. The predicted molar refractivity (Wildman–Crippen MR) is 101 cm³/mol. The molecule has 2 aromatic carbocycles. The molecule has 0 unspecified atom stereocenters. The molecule has 0 saturated heterocycles. The minimum Gasteiger partial charge on any atom is -0.361 e. The Bertz CT molecular complexity index is 992. The maximum absolute atomic E-state index is 13.3. The van der Waals surface area contributed by atoms with Gasteiger partial charge in [-0.15, -0.1) is 0 Å². The molecule has 0 saturated carbocycles. The van der Waals surface area contributed by atoms with Gasteiger partial charge in [-0.05, 0) is 48.4 Å². The first kappa shape index (κ1) is 16.1. The van der Waals surface area contributed by atoms with Crippen molar-refractivity contribution < 1.29 is 9.18 Å². The number of hydrogen-bond acceptors (Lipinski definition) is 1. The van der Waals surface area contributed by atoms with Crippen LogP contribution in [0.4, 0.5) is 4.39 Å². The van der Waals surface area contributed by atoms with Crippen molar-refractivity contribution in [3.05, 3.63) is 76.2 Å². The van der Waals surface area contributed by atoms with E-state index in [2.05, 4.69) is 33.1 Å². The molecule has 1 aliphatic heterocycles. The van der Waals surface area contributed by atoms with Gasteiger partial charge in [-0.2, -0.15) is 0 Å². The summed E-state index contributed by atoms with van der Waals surface area (Å²) >= 11 is 3.52. The zero-order chi connectivity index (χ0) is 17.4. The van der Waals surface area contributed by atoms with Crippen LogP contribution < -0.4 is 0 Å². The lowest BCUT2D eigenvalue weighted by Gasteiger charge is -2.26. The van der Waals surface area contributed by atoms with Crippen LogP contribution in [0.25, 0.3) is 16.5 Å². The third-order valence-electron chi connectivity index (χ3n) is 4.56. The molecule has 0 radical (unpaired) electrons. The molecule has 4 rings (SSSR count). The minimum absolute atomic E-state index is 0.128. The number of fused-ring (bicyclic) bond motifs is 1. The Morgan fingerprint density at radius 3 is 2.84 bits per heavy atom. The van der Waals surface area contributed by atoms with Gasteiger partial charge in [-0.3, -0.25) is 4.79 Å². The molecular formula is C20H16BrFN2O. The Balaban J connectivity index is 1.57. The van der Waals surface area contributed by atoms with Crippen molar-refractivity contribution in [1.29, 1.82) is 0 Å². The second-order valence-corrected chi connectivity index (χ2v) is 7.05. The smallest absolute Gasteiger partial charge is 0.254 e. The third-order valence-corrected chi connectivity index (χ3v) is 5.05. The van der Waals surface area contributed by atoms with Crippen LogP contribution in [0.5, 0.6) is 0 Å². The molecule has 25 heavy (non-hydrogen) atoms. The molecule has 0 atom stereocenters. The molecule has 0 spiro atoms. The van der Waals surface area contributed by atoms with Crippen LogP contribution in [0, 0.1) is 5.82 Å². The van der Waals surface area contributed by atoms with Crippen molar-refractivity contribution in [2.45, 2.75) is 6.42 Å². The summed E-state index contributed by atoms with van der Waals surface area (Å²) in [5, 5.41) is 1.17. The molecule has 3 nitrogen and oxygen atoms in total. The second-order valence-electron chi connectivity index (χ2n) is 6.13. The fraction of sp³-hybridized carbons (Fsp3) is 0.150. The van der Waals surface area contributed by atoms with Gasteiger partial charge in [0.2, 0.25) is 0 Å². The van der Waals surface area contributed by atoms with E-state index in [9.17, 15) is 9.18 Å². The van der Waals surface area contributed by atoms with Gasteiger partial charge in [0.05, 0.1) is 0 Å². The van der Waals surface area contributed by atoms with E-state index in [4.69, 9.17) is 0 Å². The van der Waals surface area contributed by atoms with Gasteiger partial charge < -0.3 is 9.88 Å². The van der Waals surface area contributed by atoms with Crippen molar-refractivity contribution in [2.75, 3.05) is 13.1 Å². The number of halogens is 2. The summed E-state index contributed by atoms with van der Waals surface area (Å²) < 4.78 is 14.4. The zero-order valence-corrected chi connectivity index (χ0v) is 15.0. The number of aromatic nitrogens is 1. The molecule has 0 bridgehead atoms. The molecule has 0 fully saturated rings. The topological polar surface area (TPSA) is 36.1 Å². The highest BCUT2D eigenvalue weighted by Gasteiger charge is 2.20. The van der Waals surface area contributed by atoms with E-state index in [0.717, 1.165) is 16.4 Å². The van der Waals surface area contributed by atoms with Gasteiger partial charge in [-0.25, -0.2) is 4.39 Å². The number of aromatic amines is 1. The third kappa shape index (κ3) is 3.12. The molecule has 126 valence electrons. The Kier molecular flexibility index (Phi) is 4.17. The highest BCUT2D eigenvalue weighted by molar-refractivity contribution is 9.10. The fourth-order valence-corrected chi connectivity index (χ4v) is 3.62. The number of hydrogen-bond donors (Lipinski definition) is 1. The first-order valence-corrected chi connectivity index (χ1v) is 8.92. The number of carbonyl (C=O) groups is 1. The molecule has 2 heterocycles. The lowest BCUT2D eigenvalue weighted by molar-refractivity contribution is 0.0772. The molecule has 0 aliphatic carbocycles. The summed E-state index contributed by atoms with van der Waals surface area (Å²) in [6.07, 6.45) is 4.89. The monoisotopic (exact) mass is 398 g/mol. The Labute approximate surface area is 153 Å². The molecule has 5 heteroatoms. The summed E-state index contributed by atoms with van der Waals surface area (Å²) in [6, 6.07) is 12.0. The van der Waals surface area contributed by atoms with E-state index in [0.29, 0.717) is 18.7 Å². The van der Waals surface area contributed by atoms with Gasteiger partial charge in [0, 0.05) is 45.8 Å². The van der Waals surface area contributed by atoms with E-state index in [1.165, 1.54) is 28.7 Å². The van der Waals surface area contributed by atoms with Gasteiger partial charge in [0.1, 0.15) is 5.82 Å². The molecule has 1 N–H and O–H groups in total. The normalized spacial score (nSPS) is 14.6.